The lowest BCUT2D eigenvalue weighted by Gasteiger charge is -2.32. The molecular weight excluding hydrogens is 428 g/mol. The lowest BCUT2D eigenvalue weighted by molar-refractivity contribution is -0.127. The maximum absolute atomic E-state index is 12.6. The molecule has 1 aliphatic carbocycles. The van der Waals surface area contributed by atoms with Gasteiger partial charge in [0.25, 0.3) is 11.8 Å². The highest BCUT2D eigenvalue weighted by Crippen LogP contribution is 2.27. The van der Waals surface area contributed by atoms with E-state index in [-0.39, 0.29) is 37.1 Å². The summed E-state index contributed by atoms with van der Waals surface area (Å²) in [4.78, 5) is 25.3. The van der Waals surface area contributed by atoms with Gasteiger partial charge in [-0.15, -0.1) is 0 Å². The number of hydrogen-bond donors (Lipinski definition) is 2. The second-order valence-corrected chi connectivity index (χ2v) is 9.59. The molecule has 34 heavy (non-hydrogen) atoms. The second kappa shape index (κ2) is 12.4. The highest BCUT2D eigenvalue weighted by molar-refractivity contribution is 5.79. The molecule has 0 unspecified atom stereocenters. The summed E-state index contributed by atoms with van der Waals surface area (Å²) in [5.41, 5.74) is 2.16. The minimum absolute atomic E-state index is 0.0456. The van der Waals surface area contributed by atoms with E-state index in [9.17, 15) is 9.59 Å². The van der Waals surface area contributed by atoms with E-state index in [1.807, 2.05) is 48.5 Å². The molecule has 6 nitrogen and oxygen atoms in total. The minimum atomic E-state index is -0.174. The molecule has 2 N–H and O–H groups in total. The Hall–Kier alpha value is -3.02. The number of carbonyl (C=O) groups excluding carboxylic acids is 2. The zero-order chi connectivity index (χ0) is 24.5. The van der Waals surface area contributed by atoms with Gasteiger partial charge in [0.2, 0.25) is 0 Å². The summed E-state index contributed by atoms with van der Waals surface area (Å²) >= 11 is 0. The van der Waals surface area contributed by atoms with Crippen LogP contribution in [0.3, 0.4) is 0 Å². The number of benzene rings is 2. The fourth-order valence-electron chi connectivity index (χ4n) is 4.44. The quantitative estimate of drug-likeness (QED) is 0.520. The molecule has 2 aromatic rings. The van der Waals surface area contributed by atoms with Gasteiger partial charge in [0.05, 0.1) is 0 Å². The van der Waals surface area contributed by atoms with Gasteiger partial charge < -0.3 is 20.1 Å². The highest BCUT2D eigenvalue weighted by atomic mass is 16.5. The predicted molar refractivity (Wildman–Crippen MR) is 134 cm³/mol. The van der Waals surface area contributed by atoms with E-state index in [4.69, 9.17) is 9.47 Å². The summed E-state index contributed by atoms with van der Waals surface area (Å²) in [5.74, 6) is 1.75. The van der Waals surface area contributed by atoms with Crippen molar-refractivity contribution in [2.24, 2.45) is 0 Å². The lowest BCUT2D eigenvalue weighted by atomic mass is 9.90. The van der Waals surface area contributed by atoms with Gasteiger partial charge in [0.15, 0.2) is 13.2 Å². The van der Waals surface area contributed by atoms with E-state index >= 15 is 0 Å². The van der Waals surface area contributed by atoms with Crippen molar-refractivity contribution in [3.63, 3.8) is 0 Å². The number of hydrogen-bond acceptors (Lipinski definition) is 4. The first kappa shape index (κ1) is 25.6. The Labute approximate surface area is 203 Å². The van der Waals surface area contributed by atoms with Crippen molar-refractivity contribution in [3.05, 3.63) is 59.7 Å². The van der Waals surface area contributed by atoms with Crippen molar-refractivity contribution in [1.29, 1.82) is 0 Å². The van der Waals surface area contributed by atoms with Crippen LogP contribution in [-0.4, -0.2) is 37.1 Å². The predicted octanol–water partition coefficient (Wildman–Crippen LogP) is 4.93. The molecule has 2 amide bonds. The van der Waals surface area contributed by atoms with Crippen molar-refractivity contribution in [2.45, 2.75) is 77.3 Å². The van der Waals surface area contributed by atoms with Gasteiger partial charge in [0, 0.05) is 12.1 Å². The SMILES string of the molecule is CC(C)c1ccccc1OCC(=O)N[C@H]1CCCC[C@@H]1NC(=O)COc1ccccc1C(C)C. The number of nitrogens with one attached hydrogen (secondary N) is 2. The van der Waals surface area contributed by atoms with Crippen LogP contribution < -0.4 is 20.1 Å². The molecule has 2 atom stereocenters. The third-order valence-corrected chi connectivity index (χ3v) is 6.26. The van der Waals surface area contributed by atoms with Crippen molar-refractivity contribution in [3.8, 4) is 11.5 Å². The largest absolute Gasteiger partial charge is 0.483 e. The van der Waals surface area contributed by atoms with Gasteiger partial charge >= 0.3 is 0 Å². The summed E-state index contributed by atoms with van der Waals surface area (Å²) < 4.78 is 11.6. The Morgan fingerprint density at radius 2 is 1.12 bits per heavy atom. The lowest BCUT2D eigenvalue weighted by Crippen LogP contribution is -2.54. The molecular formula is C28H38N2O4. The van der Waals surface area contributed by atoms with Crippen LogP contribution in [0.1, 0.15) is 76.3 Å². The Morgan fingerprint density at radius 1 is 0.735 bits per heavy atom. The molecule has 1 saturated carbocycles. The highest BCUT2D eigenvalue weighted by Gasteiger charge is 2.28. The first-order chi connectivity index (χ1) is 16.3. The van der Waals surface area contributed by atoms with Crippen molar-refractivity contribution in [2.75, 3.05) is 13.2 Å². The zero-order valence-electron chi connectivity index (χ0n) is 20.8. The molecule has 184 valence electrons. The van der Waals surface area contributed by atoms with Gasteiger partial charge in [-0.2, -0.15) is 0 Å². The molecule has 0 aromatic heterocycles. The maximum atomic E-state index is 12.6. The van der Waals surface area contributed by atoms with Gasteiger partial charge in [-0.3, -0.25) is 9.59 Å². The van der Waals surface area contributed by atoms with Crippen molar-refractivity contribution >= 4 is 11.8 Å². The van der Waals surface area contributed by atoms with Crippen LogP contribution in [0.15, 0.2) is 48.5 Å². The molecule has 0 radical (unpaired) electrons. The Morgan fingerprint density at radius 3 is 1.50 bits per heavy atom. The van der Waals surface area contributed by atoms with Gasteiger partial charge in [-0.25, -0.2) is 0 Å². The summed E-state index contributed by atoms with van der Waals surface area (Å²) in [5, 5.41) is 6.14. The molecule has 3 rings (SSSR count). The molecule has 0 aliphatic heterocycles. The van der Waals surface area contributed by atoms with E-state index in [1.54, 1.807) is 0 Å². The fraction of sp³-hybridized carbons (Fsp3) is 0.500. The van der Waals surface area contributed by atoms with Crippen LogP contribution in [0, 0.1) is 0 Å². The number of para-hydroxylation sites is 2. The first-order valence-corrected chi connectivity index (χ1v) is 12.4. The second-order valence-electron chi connectivity index (χ2n) is 9.59. The van der Waals surface area contributed by atoms with E-state index in [1.165, 1.54) is 0 Å². The van der Waals surface area contributed by atoms with E-state index in [0.717, 1.165) is 48.3 Å². The van der Waals surface area contributed by atoms with Crippen LogP contribution in [0.25, 0.3) is 0 Å². The molecule has 1 fully saturated rings. The first-order valence-electron chi connectivity index (χ1n) is 12.4. The molecule has 0 bridgehead atoms. The summed E-state index contributed by atoms with van der Waals surface area (Å²) in [7, 11) is 0. The Kier molecular flexibility index (Phi) is 9.37. The molecule has 0 saturated heterocycles. The van der Waals surface area contributed by atoms with E-state index in [2.05, 4.69) is 38.3 Å². The minimum Gasteiger partial charge on any atom is -0.483 e. The van der Waals surface area contributed by atoms with Crippen LogP contribution in [0.2, 0.25) is 0 Å². The third-order valence-electron chi connectivity index (χ3n) is 6.26. The Bertz CT molecular complexity index is 879. The van der Waals surface area contributed by atoms with Gasteiger partial charge in [-0.1, -0.05) is 76.9 Å². The number of carbonyl (C=O) groups is 2. The zero-order valence-corrected chi connectivity index (χ0v) is 20.8. The van der Waals surface area contributed by atoms with Crippen LogP contribution >= 0.6 is 0 Å². The Balaban J connectivity index is 1.51. The molecule has 0 heterocycles. The van der Waals surface area contributed by atoms with Crippen molar-refractivity contribution < 1.29 is 19.1 Å². The number of rotatable bonds is 10. The normalized spacial score (nSPS) is 17.9. The van der Waals surface area contributed by atoms with Gasteiger partial charge in [-0.05, 0) is 47.9 Å². The standard InChI is InChI=1S/C28H38N2O4/c1-19(2)21-11-5-9-15-25(21)33-17-27(31)29-23-13-7-8-14-24(23)30-28(32)18-34-26-16-10-6-12-22(26)20(3)4/h5-6,9-12,15-16,19-20,23-24H,7-8,13-14,17-18H2,1-4H3,(H,29,31)(H,30,32)/t23-,24-/m0/s1. The summed E-state index contributed by atoms with van der Waals surface area (Å²) in [6.07, 6.45) is 3.70. The fourth-order valence-corrected chi connectivity index (χ4v) is 4.44. The molecule has 6 heteroatoms. The van der Waals surface area contributed by atoms with Crippen LogP contribution in [0.4, 0.5) is 0 Å². The molecule has 0 spiro atoms. The van der Waals surface area contributed by atoms with Crippen LogP contribution in [0.5, 0.6) is 11.5 Å². The monoisotopic (exact) mass is 466 g/mol. The molecule has 2 aromatic carbocycles. The van der Waals surface area contributed by atoms with Crippen LogP contribution in [-0.2, 0) is 9.59 Å². The van der Waals surface area contributed by atoms with Gasteiger partial charge in [0.1, 0.15) is 11.5 Å². The smallest absolute Gasteiger partial charge is 0.258 e. The number of amides is 2. The van der Waals surface area contributed by atoms with Crippen molar-refractivity contribution in [1.82, 2.24) is 10.6 Å². The average Bonchev–Trinajstić information content (AvgIpc) is 2.83. The maximum Gasteiger partial charge on any atom is 0.258 e. The summed E-state index contributed by atoms with van der Waals surface area (Å²) in [6, 6.07) is 15.4. The summed E-state index contributed by atoms with van der Waals surface area (Å²) in [6.45, 7) is 8.31. The number of ether oxygens (including phenoxy) is 2. The average molecular weight is 467 g/mol. The third kappa shape index (κ3) is 7.24. The van der Waals surface area contributed by atoms with E-state index in [0.29, 0.717) is 11.8 Å². The topological polar surface area (TPSA) is 76.7 Å². The molecule has 1 aliphatic rings. The van der Waals surface area contributed by atoms with E-state index < -0.39 is 0 Å².